The van der Waals surface area contributed by atoms with Gasteiger partial charge in [0, 0.05) is 32.5 Å². The molecule has 1 aromatic carbocycles. The first-order valence-electron chi connectivity index (χ1n) is 8.47. The third-order valence-corrected chi connectivity index (χ3v) is 6.07. The third-order valence-electron chi connectivity index (χ3n) is 4.49. The van der Waals surface area contributed by atoms with Gasteiger partial charge in [-0.1, -0.05) is 25.0 Å². The molecule has 6 nitrogen and oxygen atoms in total. The minimum Gasteiger partial charge on any atom is -0.336 e. The van der Waals surface area contributed by atoms with Gasteiger partial charge >= 0.3 is 0 Å². The van der Waals surface area contributed by atoms with Gasteiger partial charge in [-0.2, -0.15) is 17.4 Å². The highest BCUT2D eigenvalue weighted by Crippen LogP contribution is 2.23. The van der Waals surface area contributed by atoms with E-state index in [2.05, 4.69) is 9.71 Å². The summed E-state index contributed by atoms with van der Waals surface area (Å²) < 4.78 is 45.1. The molecule has 0 saturated carbocycles. The highest BCUT2D eigenvalue weighted by atomic mass is 32.2. The normalized spacial score (nSPS) is 18.0. The summed E-state index contributed by atoms with van der Waals surface area (Å²) in [6.45, 7) is 1.04. The molecule has 1 aromatic heterocycles. The Kier molecular flexibility index (Phi) is 5.51. The summed E-state index contributed by atoms with van der Waals surface area (Å²) in [5.74, 6) is 0.197. The predicted molar refractivity (Wildman–Crippen MR) is 93.5 cm³/mol. The maximum Gasteiger partial charge on any atom is 0.280 e. The van der Waals surface area contributed by atoms with Crippen LogP contribution in [0, 0.1) is 5.82 Å². The third kappa shape index (κ3) is 4.26. The molecule has 136 valence electrons. The molecule has 1 saturated heterocycles. The summed E-state index contributed by atoms with van der Waals surface area (Å²) in [6.07, 6.45) is 7.20. The van der Waals surface area contributed by atoms with Crippen LogP contribution in [0.1, 0.15) is 43.1 Å². The van der Waals surface area contributed by atoms with Crippen LogP contribution >= 0.6 is 0 Å². The Morgan fingerprint density at radius 3 is 2.32 bits per heavy atom. The van der Waals surface area contributed by atoms with E-state index in [1.165, 1.54) is 16.4 Å². The largest absolute Gasteiger partial charge is 0.336 e. The number of hydrogen-bond acceptors (Lipinski definition) is 3. The summed E-state index contributed by atoms with van der Waals surface area (Å²) in [4.78, 5) is 4.29. The van der Waals surface area contributed by atoms with Crippen LogP contribution < -0.4 is 4.72 Å². The molecule has 1 atom stereocenters. The number of imidazole rings is 1. The van der Waals surface area contributed by atoms with Gasteiger partial charge in [0.05, 0.1) is 0 Å². The summed E-state index contributed by atoms with van der Waals surface area (Å²) in [6, 6.07) is 5.14. The van der Waals surface area contributed by atoms with Crippen molar-refractivity contribution in [3.63, 3.8) is 0 Å². The van der Waals surface area contributed by atoms with Gasteiger partial charge < -0.3 is 4.57 Å². The second-order valence-corrected chi connectivity index (χ2v) is 8.02. The Balaban J connectivity index is 1.92. The van der Waals surface area contributed by atoms with Crippen LogP contribution in [0.25, 0.3) is 0 Å². The average molecular weight is 366 g/mol. The molecule has 25 heavy (non-hydrogen) atoms. The van der Waals surface area contributed by atoms with Gasteiger partial charge in [0.2, 0.25) is 0 Å². The SMILES string of the molecule is Cn1ccnc1C(NS(=O)(=O)N1CCCCCC1)c1ccc(F)cc1. The van der Waals surface area contributed by atoms with Gasteiger partial charge in [-0.3, -0.25) is 0 Å². The Morgan fingerprint density at radius 2 is 1.76 bits per heavy atom. The van der Waals surface area contributed by atoms with Gasteiger partial charge in [0.1, 0.15) is 17.7 Å². The Bertz CT molecular complexity index is 796. The van der Waals surface area contributed by atoms with Crippen LogP contribution in [0.15, 0.2) is 36.7 Å². The first-order valence-corrected chi connectivity index (χ1v) is 9.91. The Morgan fingerprint density at radius 1 is 1.12 bits per heavy atom. The molecule has 1 unspecified atom stereocenters. The quantitative estimate of drug-likeness (QED) is 0.883. The van der Waals surface area contributed by atoms with Crippen molar-refractivity contribution in [2.24, 2.45) is 7.05 Å². The number of hydrogen-bond donors (Lipinski definition) is 1. The molecule has 2 heterocycles. The summed E-state index contributed by atoms with van der Waals surface area (Å²) in [5.41, 5.74) is 0.647. The second kappa shape index (κ2) is 7.63. The topological polar surface area (TPSA) is 67.2 Å². The van der Waals surface area contributed by atoms with Crippen LogP contribution in [0.4, 0.5) is 4.39 Å². The maximum absolute atomic E-state index is 13.3. The molecule has 1 aliphatic heterocycles. The molecule has 2 aromatic rings. The molecule has 8 heteroatoms. The van der Waals surface area contributed by atoms with E-state index in [9.17, 15) is 12.8 Å². The van der Waals surface area contributed by atoms with Crippen LogP contribution in [0.5, 0.6) is 0 Å². The van der Waals surface area contributed by atoms with Crippen molar-refractivity contribution in [2.45, 2.75) is 31.7 Å². The molecule has 0 amide bonds. The van der Waals surface area contributed by atoms with Crippen molar-refractivity contribution >= 4 is 10.2 Å². The molecular weight excluding hydrogens is 343 g/mol. The molecule has 1 aliphatic rings. The van der Waals surface area contributed by atoms with E-state index in [1.54, 1.807) is 36.1 Å². The minimum atomic E-state index is -3.67. The highest BCUT2D eigenvalue weighted by Gasteiger charge is 2.29. The number of nitrogens with one attached hydrogen (secondary N) is 1. The van der Waals surface area contributed by atoms with E-state index >= 15 is 0 Å². The fraction of sp³-hybridized carbons (Fsp3) is 0.471. The number of nitrogens with zero attached hydrogens (tertiary/aromatic N) is 3. The number of aryl methyl sites for hydroxylation is 1. The molecule has 0 spiro atoms. The maximum atomic E-state index is 13.3. The zero-order valence-corrected chi connectivity index (χ0v) is 15.0. The van der Waals surface area contributed by atoms with E-state index < -0.39 is 16.3 Å². The van der Waals surface area contributed by atoms with Crippen LogP contribution in [-0.4, -0.2) is 35.4 Å². The average Bonchev–Trinajstić information content (AvgIpc) is 2.84. The Hall–Kier alpha value is -1.77. The van der Waals surface area contributed by atoms with Gasteiger partial charge in [-0.25, -0.2) is 9.37 Å². The van der Waals surface area contributed by atoms with Gasteiger partial charge in [-0.05, 0) is 30.5 Å². The monoisotopic (exact) mass is 366 g/mol. The van der Waals surface area contributed by atoms with Gasteiger partial charge in [-0.15, -0.1) is 0 Å². The summed E-state index contributed by atoms with van der Waals surface area (Å²) in [5, 5.41) is 0. The zero-order chi connectivity index (χ0) is 17.9. The van der Waals surface area contributed by atoms with E-state index in [0.29, 0.717) is 24.5 Å². The predicted octanol–water partition coefficient (Wildman–Crippen LogP) is 2.36. The summed E-state index contributed by atoms with van der Waals surface area (Å²) >= 11 is 0. The first-order chi connectivity index (χ1) is 12.0. The van der Waals surface area contributed by atoms with E-state index in [1.807, 2.05) is 0 Å². The fourth-order valence-electron chi connectivity index (χ4n) is 3.09. The lowest BCUT2D eigenvalue weighted by Gasteiger charge is -2.25. The van der Waals surface area contributed by atoms with E-state index in [-0.39, 0.29) is 5.82 Å². The number of benzene rings is 1. The number of halogens is 1. The highest BCUT2D eigenvalue weighted by molar-refractivity contribution is 7.87. The smallest absolute Gasteiger partial charge is 0.280 e. The van der Waals surface area contributed by atoms with Crippen LogP contribution in [0.2, 0.25) is 0 Å². The van der Waals surface area contributed by atoms with E-state index in [0.717, 1.165) is 25.7 Å². The van der Waals surface area contributed by atoms with E-state index in [4.69, 9.17) is 0 Å². The molecule has 0 aliphatic carbocycles. The molecule has 1 fully saturated rings. The lowest BCUT2D eigenvalue weighted by Crippen LogP contribution is -2.43. The molecule has 1 N–H and O–H groups in total. The van der Waals surface area contributed by atoms with Gasteiger partial charge in [0.15, 0.2) is 0 Å². The minimum absolute atomic E-state index is 0.363. The lowest BCUT2D eigenvalue weighted by molar-refractivity contribution is 0.409. The standard InChI is InChI=1S/C17H23FN4O2S/c1-21-13-10-19-17(21)16(14-6-8-15(18)9-7-14)20-25(23,24)22-11-4-2-3-5-12-22/h6-10,13,16,20H,2-5,11-12H2,1H3. The lowest BCUT2D eigenvalue weighted by atomic mass is 10.1. The van der Waals surface area contributed by atoms with Crippen molar-refractivity contribution in [1.82, 2.24) is 18.6 Å². The second-order valence-electron chi connectivity index (χ2n) is 6.32. The van der Waals surface area contributed by atoms with Crippen molar-refractivity contribution < 1.29 is 12.8 Å². The van der Waals surface area contributed by atoms with Crippen molar-refractivity contribution in [3.8, 4) is 0 Å². The van der Waals surface area contributed by atoms with Crippen LogP contribution in [-0.2, 0) is 17.3 Å². The number of aromatic nitrogens is 2. The van der Waals surface area contributed by atoms with Crippen molar-refractivity contribution in [2.75, 3.05) is 13.1 Å². The van der Waals surface area contributed by atoms with Gasteiger partial charge in [0.25, 0.3) is 10.2 Å². The van der Waals surface area contributed by atoms with Crippen molar-refractivity contribution in [3.05, 3.63) is 53.9 Å². The fourth-order valence-corrected chi connectivity index (χ4v) is 4.51. The summed E-state index contributed by atoms with van der Waals surface area (Å²) in [7, 11) is -1.87. The molecule has 0 bridgehead atoms. The zero-order valence-electron chi connectivity index (χ0n) is 14.2. The molecule has 3 rings (SSSR count). The number of rotatable bonds is 5. The molecular formula is C17H23FN4O2S. The molecule has 0 radical (unpaired) electrons. The van der Waals surface area contributed by atoms with Crippen molar-refractivity contribution in [1.29, 1.82) is 0 Å². The van der Waals surface area contributed by atoms with Crippen LogP contribution in [0.3, 0.4) is 0 Å². The first kappa shape index (κ1) is 18.0. The Labute approximate surface area is 147 Å².